The van der Waals surface area contributed by atoms with Crippen LogP contribution in [0, 0.1) is 33.5 Å². The summed E-state index contributed by atoms with van der Waals surface area (Å²) in [6.45, 7) is 6.43. The topological polar surface area (TPSA) is 89.9 Å². The molecular formula is C22H32F6O6. The molecule has 1 fully saturated rings. The number of ether oxygens (including phenoxy) is 2. The number of rotatable bonds is 9. The van der Waals surface area contributed by atoms with Crippen molar-refractivity contribution in [2.24, 2.45) is 33.5 Å². The maximum absolute atomic E-state index is 13.8. The first-order valence-electron chi connectivity index (χ1n) is 10.6. The third-order valence-corrected chi connectivity index (χ3v) is 6.39. The van der Waals surface area contributed by atoms with Crippen LogP contribution in [0.2, 0.25) is 0 Å². The van der Waals surface area contributed by atoms with Gasteiger partial charge in [-0.25, -0.2) is 0 Å². The molecule has 1 aliphatic rings. The standard InChI is InChI=1S/C22H32F6O6/c1-17(2,3)12(21(23,24)25)14(29)33-10-18(4,5)13(22(26,27)28)15(30)34-11-19(6,7)20(8-9-20)16(31)32/h12-13H,8-11H2,1-7H3,(H,31,32)/t12-,13+/m1/s1. The van der Waals surface area contributed by atoms with Crippen molar-refractivity contribution < 1.29 is 55.3 Å². The molecule has 6 nitrogen and oxygen atoms in total. The zero-order valence-electron chi connectivity index (χ0n) is 20.2. The molecule has 34 heavy (non-hydrogen) atoms. The number of alkyl halides is 6. The number of carboxylic acids is 1. The minimum atomic E-state index is -5.17. The van der Waals surface area contributed by atoms with Crippen molar-refractivity contribution in [3.05, 3.63) is 0 Å². The molecule has 1 N–H and O–H groups in total. The van der Waals surface area contributed by atoms with E-state index in [2.05, 4.69) is 4.74 Å². The minimum Gasteiger partial charge on any atom is -0.481 e. The van der Waals surface area contributed by atoms with Crippen molar-refractivity contribution in [3.63, 3.8) is 0 Å². The summed E-state index contributed by atoms with van der Waals surface area (Å²) in [5.41, 5.74) is -6.16. The summed E-state index contributed by atoms with van der Waals surface area (Å²) in [4.78, 5) is 36.2. The smallest absolute Gasteiger partial charge is 0.402 e. The first-order valence-corrected chi connectivity index (χ1v) is 10.6. The lowest BCUT2D eigenvalue weighted by atomic mass is 9.76. The third kappa shape index (κ3) is 6.56. The van der Waals surface area contributed by atoms with Crippen LogP contribution in [0.25, 0.3) is 0 Å². The first-order chi connectivity index (χ1) is 14.9. The molecular weight excluding hydrogens is 474 g/mol. The van der Waals surface area contributed by atoms with Gasteiger partial charge in [0.25, 0.3) is 0 Å². The molecule has 0 radical (unpaired) electrons. The molecule has 198 valence electrons. The number of halogens is 6. The molecule has 1 saturated carbocycles. The van der Waals surface area contributed by atoms with E-state index >= 15 is 0 Å². The fourth-order valence-electron chi connectivity index (χ4n) is 4.08. The van der Waals surface area contributed by atoms with Crippen LogP contribution in [0.15, 0.2) is 0 Å². The van der Waals surface area contributed by atoms with Crippen LogP contribution in [0.5, 0.6) is 0 Å². The molecule has 0 amide bonds. The number of carbonyl (C=O) groups is 3. The van der Waals surface area contributed by atoms with E-state index in [0.29, 0.717) is 0 Å². The average molecular weight is 506 g/mol. The summed E-state index contributed by atoms with van der Waals surface area (Å²) in [7, 11) is 0. The highest BCUT2D eigenvalue weighted by Gasteiger charge is 2.62. The fourth-order valence-corrected chi connectivity index (χ4v) is 4.08. The molecule has 0 spiro atoms. The molecule has 0 saturated heterocycles. The first kappa shape index (κ1) is 30.0. The van der Waals surface area contributed by atoms with Crippen LogP contribution in [-0.2, 0) is 23.9 Å². The lowest BCUT2D eigenvalue weighted by Gasteiger charge is -2.36. The summed E-state index contributed by atoms with van der Waals surface area (Å²) in [6, 6.07) is 0. The van der Waals surface area contributed by atoms with Crippen LogP contribution in [0.3, 0.4) is 0 Å². The van der Waals surface area contributed by atoms with Gasteiger partial charge >= 0.3 is 30.3 Å². The van der Waals surface area contributed by atoms with Crippen LogP contribution in [0.4, 0.5) is 26.3 Å². The highest BCUT2D eigenvalue weighted by molar-refractivity contribution is 5.79. The van der Waals surface area contributed by atoms with E-state index in [4.69, 9.17) is 4.74 Å². The second-order valence-corrected chi connectivity index (χ2v) is 11.3. The van der Waals surface area contributed by atoms with Crippen LogP contribution < -0.4 is 0 Å². The quantitative estimate of drug-likeness (QED) is 0.333. The van der Waals surface area contributed by atoms with E-state index in [-0.39, 0.29) is 12.8 Å². The van der Waals surface area contributed by atoms with Crippen molar-refractivity contribution in [2.75, 3.05) is 13.2 Å². The zero-order chi connectivity index (χ0) is 27.1. The summed E-state index contributed by atoms with van der Waals surface area (Å²) >= 11 is 0. The zero-order valence-corrected chi connectivity index (χ0v) is 20.2. The fraction of sp³-hybridized carbons (Fsp3) is 0.864. The van der Waals surface area contributed by atoms with Gasteiger partial charge in [0.15, 0.2) is 11.8 Å². The summed E-state index contributed by atoms with van der Waals surface area (Å²) in [5.74, 6) is -10.0. The predicted octanol–water partition coefficient (Wildman–Crippen LogP) is 5.39. The SMILES string of the molecule is CC(C)(C)[C@@H](C(=O)OCC(C)(C)[C@H](C(=O)OCC(C)(C)C1(C(=O)O)CC1)C(F)(F)F)C(F)(F)F. The molecule has 0 aromatic carbocycles. The number of carbonyl (C=O) groups excluding carboxylic acids is 2. The molecule has 0 bridgehead atoms. The Hall–Kier alpha value is -2.01. The Bertz CT molecular complexity index is 773. The molecule has 1 aliphatic carbocycles. The summed E-state index contributed by atoms with van der Waals surface area (Å²) in [5, 5.41) is 9.40. The minimum absolute atomic E-state index is 0.283. The number of esters is 2. The molecule has 0 aliphatic heterocycles. The highest BCUT2D eigenvalue weighted by Crippen LogP contribution is 2.59. The molecule has 0 aromatic rings. The van der Waals surface area contributed by atoms with Gasteiger partial charge in [-0.3, -0.25) is 14.4 Å². The molecule has 0 heterocycles. The molecule has 0 unspecified atom stereocenters. The second kappa shape index (κ2) is 9.22. The second-order valence-electron chi connectivity index (χ2n) is 11.3. The molecule has 0 aromatic heterocycles. The van der Waals surface area contributed by atoms with Gasteiger partial charge in [-0.05, 0) is 18.3 Å². The van der Waals surface area contributed by atoms with Gasteiger partial charge in [-0.2, -0.15) is 26.3 Å². The summed E-state index contributed by atoms with van der Waals surface area (Å²) in [6.07, 6.45) is -9.60. The largest absolute Gasteiger partial charge is 0.481 e. The van der Waals surface area contributed by atoms with Crippen molar-refractivity contribution in [2.45, 2.75) is 73.7 Å². The number of aliphatic carboxylic acids is 1. The monoisotopic (exact) mass is 506 g/mol. The van der Waals surface area contributed by atoms with E-state index < -0.39 is 77.0 Å². The van der Waals surface area contributed by atoms with Gasteiger partial charge in [-0.15, -0.1) is 0 Å². The summed E-state index contributed by atoms with van der Waals surface area (Å²) < 4.78 is 91.0. The van der Waals surface area contributed by atoms with Gasteiger partial charge < -0.3 is 14.6 Å². The Morgan fingerprint density at radius 1 is 0.765 bits per heavy atom. The molecule has 12 heteroatoms. The average Bonchev–Trinajstić information content (AvgIpc) is 3.37. The van der Waals surface area contributed by atoms with Crippen molar-refractivity contribution >= 4 is 17.9 Å². The third-order valence-electron chi connectivity index (χ3n) is 6.39. The Kier molecular flexibility index (Phi) is 8.14. The lowest BCUT2D eigenvalue weighted by Crippen LogP contribution is -2.48. The highest BCUT2D eigenvalue weighted by atomic mass is 19.4. The van der Waals surface area contributed by atoms with Crippen molar-refractivity contribution in [1.82, 2.24) is 0 Å². The van der Waals surface area contributed by atoms with E-state index in [0.717, 1.165) is 34.6 Å². The van der Waals surface area contributed by atoms with Crippen molar-refractivity contribution in [3.8, 4) is 0 Å². The predicted molar refractivity (Wildman–Crippen MR) is 107 cm³/mol. The van der Waals surface area contributed by atoms with E-state index in [9.17, 15) is 45.8 Å². The van der Waals surface area contributed by atoms with Gasteiger partial charge in [0.2, 0.25) is 0 Å². The van der Waals surface area contributed by atoms with E-state index in [1.165, 1.54) is 13.8 Å². The molecule has 1 rings (SSSR count). The Morgan fingerprint density at radius 3 is 1.47 bits per heavy atom. The van der Waals surface area contributed by atoms with Gasteiger partial charge in [-0.1, -0.05) is 48.5 Å². The Morgan fingerprint density at radius 2 is 1.15 bits per heavy atom. The van der Waals surface area contributed by atoms with Crippen LogP contribution >= 0.6 is 0 Å². The van der Waals surface area contributed by atoms with Gasteiger partial charge in [0.1, 0.15) is 0 Å². The maximum Gasteiger partial charge on any atom is 0.402 e. The normalized spacial score (nSPS) is 18.6. The number of hydrogen-bond acceptors (Lipinski definition) is 5. The van der Waals surface area contributed by atoms with Crippen molar-refractivity contribution in [1.29, 1.82) is 0 Å². The lowest BCUT2D eigenvalue weighted by molar-refractivity contribution is -0.233. The van der Waals surface area contributed by atoms with E-state index in [1.54, 1.807) is 0 Å². The van der Waals surface area contributed by atoms with E-state index in [1.807, 2.05) is 0 Å². The number of carboxylic acid groups (broad SMARTS) is 1. The Balaban J connectivity index is 3.03. The Labute approximate surface area is 194 Å². The van der Waals surface area contributed by atoms with Gasteiger partial charge in [0, 0.05) is 10.8 Å². The number of hydrogen-bond donors (Lipinski definition) is 1. The molecule has 2 atom stereocenters. The van der Waals surface area contributed by atoms with Crippen LogP contribution in [0.1, 0.15) is 61.3 Å². The van der Waals surface area contributed by atoms with Gasteiger partial charge in [0.05, 0.1) is 18.6 Å². The van der Waals surface area contributed by atoms with Crippen LogP contribution in [-0.4, -0.2) is 48.6 Å². The maximum atomic E-state index is 13.8.